The minimum atomic E-state index is 0.587. The molecule has 0 unspecified atom stereocenters. The van der Waals surface area contributed by atoms with Crippen molar-refractivity contribution in [3.05, 3.63) is 23.8 Å². The maximum absolute atomic E-state index is 5.12. The van der Waals surface area contributed by atoms with Gasteiger partial charge in [0.05, 0.1) is 24.1 Å². The number of ether oxygens (including phenoxy) is 1. The number of methoxy groups -OCH3 is 1. The number of thiocarbonyl (C=S) groups is 1. The van der Waals surface area contributed by atoms with E-state index in [2.05, 4.69) is 20.6 Å². The highest BCUT2D eigenvalue weighted by Gasteiger charge is 1.97. The number of nitrogens with zero attached hydrogens (tertiary/aromatic N) is 2. The summed E-state index contributed by atoms with van der Waals surface area (Å²) < 4.78 is 4.94. The van der Waals surface area contributed by atoms with E-state index in [1.54, 1.807) is 19.5 Å². The van der Waals surface area contributed by atoms with Gasteiger partial charge in [0.15, 0.2) is 5.11 Å². The molecule has 0 aliphatic heterocycles. The molecule has 0 atom stereocenters. The first kappa shape index (κ1) is 13.8. The summed E-state index contributed by atoms with van der Waals surface area (Å²) in [6.07, 6.45) is 4.42. The minimum absolute atomic E-state index is 0.587. The molecule has 94 valence electrons. The monoisotopic (exact) mass is 254 g/mol. The topological polar surface area (TPSA) is 59.1 Å². The lowest BCUT2D eigenvalue weighted by Gasteiger charge is -2.09. The van der Waals surface area contributed by atoms with Gasteiger partial charge < -0.3 is 15.4 Å². The van der Waals surface area contributed by atoms with Gasteiger partial charge in [-0.2, -0.15) is 0 Å². The van der Waals surface area contributed by atoms with E-state index >= 15 is 0 Å². The quantitative estimate of drug-likeness (QED) is 0.578. The average molecular weight is 254 g/mol. The predicted octanol–water partition coefficient (Wildman–Crippen LogP) is 0.786. The fraction of sp³-hybridized carbons (Fsp3) is 0.545. The molecule has 1 heterocycles. The molecule has 1 aromatic rings. The number of rotatable bonds is 6. The van der Waals surface area contributed by atoms with Crippen molar-refractivity contribution in [1.29, 1.82) is 0 Å². The Labute approximate surface area is 107 Å². The van der Waals surface area contributed by atoms with Gasteiger partial charge in [0.1, 0.15) is 0 Å². The van der Waals surface area contributed by atoms with Crippen LogP contribution in [-0.2, 0) is 11.3 Å². The third kappa shape index (κ3) is 6.13. The smallest absolute Gasteiger partial charge is 0.166 e. The van der Waals surface area contributed by atoms with E-state index in [-0.39, 0.29) is 0 Å². The Bertz CT molecular complexity index is 342. The number of hydrogen-bond acceptors (Lipinski definition) is 4. The van der Waals surface area contributed by atoms with Crippen molar-refractivity contribution in [1.82, 2.24) is 20.6 Å². The number of hydrogen-bond donors (Lipinski definition) is 2. The van der Waals surface area contributed by atoms with Crippen molar-refractivity contribution in [2.24, 2.45) is 0 Å². The van der Waals surface area contributed by atoms with E-state index in [4.69, 9.17) is 17.0 Å². The van der Waals surface area contributed by atoms with Crippen molar-refractivity contribution in [2.45, 2.75) is 19.9 Å². The Kier molecular flexibility index (Phi) is 6.42. The first-order valence-corrected chi connectivity index (χ1v) is 5.91. The van der Waals surface area contributed by atoms with Crippen LogP contribution in [0.15, 0.2) is 12.4 Å². The number of aryl methyl sites for hydroxylation is 1. The highest BCUT2D eigenvalue weighted by molar-refractivity contribution is 7.80. The molecule has 2 N–H and O–H groups in total. The summed E-state index contributed by atoms with van der Waals surface area (Å²) in [5, 5.41) is 6.79. The van der Waals surface area contributed by atoms with Crippen LogP contribution in [0.3, 0.4) is 0 Å². The summed E-state index contributed by atoms with van der Waals surface area (Å²) in [5.74, 6) is 0. The van der Waals surface area contributed by atoms with E-state index < -0.39 is 0 Å². The van der Waals surface area contributed by atoms with Crippen molar-refractivity contribution in [3.8, 4) is 0 Å². The predicted molar refractivity (Wildman–Crippen MR) is 70.7 cm³/mol. The first-order valence-electron chi connectivity index (χ1n) is 5.50. The van der Waals surface area contributed by atoms with Crippen LogP contribution in [-0.4, -0.2) is 35.3 Å². The van der Waals surface area contributed by atoms with E-state index in [0.717, 1.165) is 31.0 Å². The molecule has 1 rings (SSSR count). The van der Waals surface area contributed by atoms with Crippen molar-refractivity contribution in [3.63, 3.8) is 0 Å². The molecule has 0 bridgehead atoms. The third-order valence-corrected chi connectivity index (χ3v) is 2.36. The van der Waals surface area contributed by atoms with Gasteiger partial charge in [-0.05, 0) is 25.6 Å². The molecule has 0 fully saturated rings. The second-order valence-corrected chi connectivity index (χ2v) is 4.01. The zero-order valence-corrected chi connectivity index (χ0v) is 11.0. The van der Waals surface area contributed by atoms with E-state index in [9.17, 15) is 0 Å². The highest BCUT2D eigenvalue weighted by Crippen LogP contribution is 1.93. The molecule has 1 aromatic heterocycles. The second-order valence-electron chi connectivity index (χ2n) is 3.60. The fourth-order valence-electron chi connectivity index (χ4n) is 1.16. The van der Waals surface area contributed by atoms with Gasteiger partial charge in [-0.1, -0.05) is 0 Å². The molecule has 0 aliphatic rings. The molecule has 0 radical (unpaired) electrons. The minimum Gasteiger partial charge on any atom is -0.385 e. The summed E-state index contributed by atoms with van der Waals surface area (Å²) in [6.45, 7) is 4.04. The molecule has 0 aromatic carbocycles. The van der Waals surface area contributed by atoms with Crippen LogP contribution in [0.5, 0.6) is 0 Å². The lowest BCUT2D eigenvalue weighted by molar-refractivity contribution is 0.195. The molecule has 6 heteroatoms. The largest absolute Gasteiger partial charge is 0.385 e. The van der Waals surface area contributed by atoms with E-state index in [1.165, 1.54) is 0 Å². The summed E-state index contributed by atoms with van der Waals surface area (Å²) in [4.78, 5) is 8.39. The maximum Gasteiger partial charge on any atom is 0.166 e. The van der Waals surface area contributed by atoms with Gasteiger partial charge in [-0.15, -0.1) is 0 Å². The summed E-state index contributed by atoms with van der Waals surface area (Å²) >= 11 is 5.12. The van der Waals surface area contributed by atoms with E-state index in [0.29, 0.717) is 11.7 Å². The van der Waals surface area contributed by atoms with Crippen LogP contribution < -0.4 is 10.6 Å². The van der Waals surface area contributed by atoms with Gasteiger partial charge in [0.2, 0.25) is 0 Å². The SMILES string of the molecule is COCCCNC(=S)NCc1cnc(C)cn1. The summed E-state index contributed by atoms with van der Waals surface area (Å²) in [5.41, 5.74) is 1.78. The lowest BCUT2D eigenvalue weighted by Crippen LogP contribution is -2.35. The van der Waals surface area contributed by atoms with Crippen LogP contribution in [0.2, 0.25) is 0 Å². The van der Waals surface area contributed by atoms with Gasteiger partial charge in [0, 0.05) is 26.5 Å². The second kappa shape index (κ2) is 7.92. The molecular formula is C11H18N4OS. The Morgan fingerprint density at radius 2 is 2.18 bits per heavy atom. The fourth-order valence-corrected chi connectivity index (χ4v) is 1.34. The molecule has 0 amide bonds. The zero-order chi connectivity index (χ0) is 12.5. The number of aromatic nitrogens is 2. The van der Waals surface area contributed by atoms with Crippen molar-refractivity contribution >= 4 is 17.3 Å². The van der Waals surface area contributed by atoms with Gasteiger partial charge >= 0.3 is 0 Å². The Morgan fingerprint density at radius 1 is 1.35 bits per heavy atom. The first-order chi connectivity index (χ1) is 8.22. The van der Waals surface area contributed by atoms with Crippen LogP contribution >= 0.6 is 12.2 Å². The Balaban J connectivity index is 2.17. The average Bonchev–Trinajstić information content (AvgIpc) is 2.34. The molecule has 0 saturated heterocycles. The third-order valence-electron chi connectivity index (χ3n) is 2.08. The van der Waals surface area contributed by atoms with Crippen LogP contribution in [0.25, 0.3) is 0 Å². The van der Waals surface area contributed by atoms with Crippen molar-refractivity contribution < 1.29 is 4.74 Å². The summed E-state index contributed by atoms with van der Waals surface area (Å²) in [7, 11) is 1.69. The standard InChI is InChI=1S/C11H18N4OS/c1-9-6-14-10(7-13-9)8-15-11(17)12-4-3-5-16-2/h6-7H,3-5,8H2,1-2H3,(H2,12,15,17). The van der Waals surface area contributed by atoms with Gasteiger partial charge in [-0.3, -0.25) is 9.97 Å². The normalized spacial score (nSPS) is 10.0. The van der Waals surface area contributed by atoms with Crippen LogP contribution in [0.4, 0.5) is 0 Å². The maximum atomic E-state index is 5.12. The van der Waals surface area contributed by atoms with Gasteiger partial charge in [-0.25, -0.2) is 0 Å². The molecule has 17 heavy (non-hydrogen) atoms. The van der Waals surface area contributed by atoms with Crippen LogP contribution in [0, 0.1) is 6.92 Å². The molecule has 0 spiro atoms. The Morgan fingerprint density at radius 3 is 2.82 bits per heavy atom. The highest BCUT2D eigenvalue weighted by atomic mass is 32.1. The Hall–Kier alpha value is -1.27. The zero-order valence-electron chi connectivity index (χ0n) is 10.2. The summed E-state index contributed by atoms with van der Waals surface area (Å²) in [6, 6.07) is 0. The van der Waals surface area contributed by atoms with E-state index in [1.807, 2.05) is 6.92 Å². The van der Waals surface area contributed by atoms with Crippen molar-refractivity contribution in [2.75, 3.05) is 20.3 Å². The molecule has 0 aliphatic carbocycles. The molecule has 0 saturated carbocycles. The lowest BCUT2D eigenvalue weighted by atomic mass is 10.4. The molecular weight excluding hydrogens is 236 g/mol. The number of nitrogens with one attached hydrogen (secondary N) is 2. The van der Waals surface area contributed by atoms with Gasteiger partial charge in [0.25, 0.3) is 0 Å². The van der Waals surface area contributed by atoms with Crippen LogP contribution in [0.1, 0.15) is 17.8 Å². The molecule has 5 nitrogen and oxygen atoms in total.